The molecule has 0 fully saturated rings. The fraction of sp³-hybridized carbons (Fsp3) is 0.500. The van der Waals surface area contributed by atoms with E-state index in [1.807, 2.05) is 0 Å². The summed E-state index contributed by atoms with van der Waals surface area (Å²) in [5, 5.41) is 0. The molecule has 0 aromatic carbocycles. The number of nitrogens with two attached hydrogens (primary N) is 2. The minimum Gasteiger partial charge on any atom is -0.316 e. The molecule has 88 valence electrons. The van der Waals surface area contributed by atoms with Crippen molar-refractivity contribution in [3.8, 4) is 0 Å². The number of unbranched alkanes of at least 4 members (excludes halogenated alkanes) is 2. The Morgan fingerprint density at radius 2 is 2.12 bits per heavy atom. The Kier molecular flexibility index (Phi) is 5.67. The van der Waals surface area contributed by atoms with Gasteiger partial charge < -0.3 is 11.5 Å². The van der Waals surface area contributed by atoms with Gasteiger partial charge in [0.25, 0.3) is 0 Å². The summed E-state index contributed by atoms with van der Waals surface area (Å²) in [4.78, 5) is 15.6. The molecule has 0 unspecified atom stereocenters. The molecule has 1 rings (SSSR count). The molecular formula is C12H19N3O. The number of ketones is 1. The van der Waals surface area contributed by atoms with E-state index in [0.717, 1.165) is 25.7 Å². The first-order valence-corrected chi connectivity index (χ1v) is 5.64. The minimum absolute atomic E-state index is 0.158. The van der Waals surface area contributed by atoms with Gasteiger partial charge in [-0.25, -0.2) is 0 Å². The van der Waals surface area contributed by atoms with Crippen LogP contribution in [-0.2, 0) is 0 Å². The highest BCUT2D eigenvalue weighted by atomic mass is 16.1. The molecule has 1 heterocycles. The number of hydrogen-bond acceptors (Lipinski definition) is 4. The maximum atomic E-state index is 11.7. The van der Waals surface area contributed by atoms with Gasteiger partial charge in [-0.15, -0.1) is 0 Å². The summed E-state index contributed by atoms with van der Waals surface area (Å²) in [6.07, 6.45) is 7.31. The van der Waals surface area contributed by atoms with Gasteiger partial charge in [0.05, 0.1) is 6.17 Å². The molecule has 0 bridgehead atoms. The second-order valence-corrected chi connectivity index (χ2v) is 3.93. The van der Waals surface area contributed by atoms with Gasteiger partial charge in [-0.1, -0.05) is 12.8 Å². The zero-order valence-corrected chi connectivity index (χ0v) is 9.43. The smallest absolute Gasteiger partial charge is 0.164 e. The van der Waals surface area contributed by atoms with E-state index >= 15 is 0 Å². The molecule has 4 nitrogen and oxygen atoms in total. The third-order valence-corrected chi connectivity index (χ3v) is 2.42. The molecule has 0 aliphatic heterocycles. The van der Waals surface area contributed by atoms with Crippen molar-refractivity contribution in [2.75, 3.05) is 0 Å². The summed E-state index contributed by atoms with van der Waals surface area (Å²) in [5.74, 6) is 0.158. The number of nitrogens with zero attached hydrogens (tertiary/aromatic N) is 1. The first-order valence-electron chi connectivity index (χ1n) is 5.64. The van der Waals surface area contributed by atoms with E-state index in [2.05, 4.69) is 4.98 Å². The zero-order valence-electron chi connectivity index (χ0n) is 9.43. The number of carbonyl (C=O) groups excluding carboxylic acids is 1. The lowest BCUT2D eigenvalue weighted by molar-refractivity contribution is 0.0979. The molecular weight excluding hydrogens is 202 g/mol. The Balaban J connectivity index is 2.16. The highest BCUT2D eigenvalue weighted by molar-refractivity contribution is 5.95. The van der Waals surface area contributed by atoms with Gasteiger partial charge in [-0.05, 0) is 25.0 Å². The predicted octanol–water partition coefficient (Wildman–Crippen LogP) is 1.46. The molecule has 0 saturated carbocycles. The third kappa shape index (κ3) is 5.00. The van der Waals surface area contributed by atoms with Gasteiger partial charge in [-0.2, -0.15) is 0 Å². The lowest BCUT2D eigenvalue weighted by Gasteiger charge is -2.04. The molecule has 4 N–H and O–H groups in total. The van der Waals surface area contributed by atoms with Crippen molar-refractivity contribution in [3.05, 3.63) is 30.1 Å². The highest BCUT2D eigenvalue weighted by Gasteiger charge is 2.04. The van der Waals surface area contributed by atoms with Crippen LogP contribution < -0.4 is 11.5 Å². The molecule has 1 aromatic rings. The summed E-state index contributed by atoms with van der Waals surface area (Å²) in [7, 11) is 0. The summed E-state index contributed by atoms with van der Waals surface area (Å²) < 4.78 is 0. The second-order valence-electron chi connectivity index (χ2n) is 3.93. The number of Topliss-reactive ketones (excluding diaryl/α,β-unsaturated/α-hetero) is 1. The Bertz CT molecular complexity index is 311. The Labute approximate surface area is 96.0 Å². The third-order valence-electron chi connectivity index (χ3n) is 2.42. The van der Waals surface area contributed by atoms with Crippen LogP contribution in [0.5, 0.6) is 0 Å². The van der Waals surface area contributed by atoms with Gasteiger partial charge in [0.1, 0.15) is 0 Å². The number of carbonyl (C=O) groups is 1. The van der Waals surface area contributed by atoms with Crippen LogP contribution in [-0.4, -0.2) is 16.9 Å². The topological polar surface area (TPSA) is 82.0 Å². The molecule has 0 saturated heterocycles. The van der Waals surface area contributed by atoms with Crippen molar-refractivity contribution in [1.82, 2.24) is 4.98 Å². The minimum atomic E-state index is -0.228. The fourth-order valence-electron chi connectivity index (χ4n) is 1.51. The van der Waals surface area contributed by atoms with Crippen LogP contribution in [0.2, 0.25) is 0 Å². The average Bonchev–Trinajstić information content (AvgIpc) is 2.29. The van der Waals surface area contributed by atoms with Gasteiger partial charge >= 0.3 is 0 Å². The fourth-order valence-corrected chi connectivity index (χ4v) is 1.51. The van der Waals surface area contributed by atoms with Crippen LogP contribution in [0.25, 0.3) is 0 Å². The second kappa shape index (κ2) is 7.09. The first-order chi connectivity index (χ1) is 7.70. The first kappa shape index (κ1) is 12.8. The lowest BCUT2D eigenvalue weighted by atomic mass is 10.1. The Morgan fingerprint density at radius 3 is 2.75 bits per heavy atom. The van der Waals surface area contributed by atoms with Crippen molar-refractivity contribution in [2.24, 2.45) is 11.5 Å². The molecule has 0 aliphatic carbocycles. The van der Waals surface area contributed by atoms with Crippen molar-refractivity contribution in [1.29, 1.82) is 0 Å². The predicted molar refractivity (Wildman–Crippen MR) is 63.8 cm³/mol. The summed E-state index contributed by atoms with van der Waals surface area (Å²) >= 11 is 0. The molecule has 0 atom stereocenters. The number of aromatic nitrogens is 1. The molecule has 0 radical (unpaired) electrons. The molecule has 1 aromatic heterocycles. The van der Waals surface area contributed by atoms with E-state index < -0.39 is 0 Å². The van der Waals surface area contributed by atoms with Crippen LogP contribution in [0, 0.1) is 0 Å². The van der Waals surface area contributed by atoms with Crippen molar-refractivity contribution in [2.45, 2.75) is 38.3 Å². The van der Waals surface area contributed by atoms with Crippen LogP contribution in [0.1, 0.15) is 42.5 Å². The Hall–Kier alpha value is -1.26. The van der Waals surface area contributed by atoms with E-state index in [9.17, 15) is 4.79 Å². The maximum Gasteiger partial charge on any atom is 0.164 e. The van der Waals surface area contributed by atoms with Crippen molar-refractivity contribution in [3.63, 3.8) is 0 Å². The molecule has 0 amide bonds. The summed E-state index contributed by atoms with van der Waals surface area (Å²) in [5.41, 5.74) is 11.5. The molecule has 4 heteroatoms. The molecule has 0 spiro atoms. The zero-order chi connectivity index (χ0) is 11.8. The number of pyridine rings is 1. The summed E-state index contributed by atoms with van der Waals surface area (Å²) in [6.45, 7) is 0. The van der Waals surface area contributed by atoms with E-state index in [-0.39, 0.29) is 11.9 Å². The van der Waals surface area contributed by atoms with Gasteiger partial charge in [0.2, 0.25) is 0 Å². The highest BCUT2D eigenvalue weighted by Crippen LogP contribution is 2.08. The Morgan fingerprint density at radius 1 is 1.31 bits per heavy atom. The monoisotopic (exact) mass is 221 g/mol. The number of hydrogen-bond donors (Lipinski definition) is 2. The van der Waals surface area contributed by atoms with Crippen LogP contribution in [0.3, 0.4) is 0 Å². The van der Waals surface area contributed by atoms with Gasteiger partial charge in [0, 0.05) is 24.4 Å². The van der Waals surface area contributed by atoms with Crippen LogP contribution in [0.4, 0.5) is 0 Å². The van der Waals surface area contributed by atoms with Gasteiger partial charge in [0.15, 0.2) is 5.78 Å². The van der Waals surface area contributed by atoms with Crippen LogP contribution >= 0.6 is 0 Å². The van der Waals surface area contributed by atoms with E-state index in [1.165, 1.54) is 0 Å². The van der Waals surface area contributed by atoms with E-state index in [4.69, 9.17) is 11.5 Å². The normalized spacial score (nSPS) is 10.7. The maximum absolute atomic E-state index is 11.7. The number of rotatable bonds is 7. The average molecular weight is 221 g/mol. The largest absolute Gasteiger partial charge is 0.316 e. The SMILES string of the molecule is NC(N)CCCCCC(=O)c1cccnc1. The quantitative estimate of drug-likeness (QED) is 0.415. The van der Waals surface area contributed by atoms with E-state index in [0.29, 0.717) is 12.0 Å². The van der Waals surface area contributed by atoms with Crippen molar-refractivity contribution < 1.29 is 4.79 Å². The van der Waals surface area contributed by atoms with Crippen molar-refractivity contribution >= 4 is 5.78 Å². The lowest BCUT2D eigenvalue weighted by Crippen LogP contribution is -2.29. The summed E-state index contributed by atoms with van der Waals surface area (Å²) in [6, 6.07) is 3.58. The van der Waals surface area contributed by atoms with Crippen LogP contribution in [0.15, 0.2) is 24.5 Å². The van der Waals surface area contributed by atoms with E-state index in [1.54, 1.807) is 24.5 Å². The molecule has 0 aliphatic rings. The molecule has 16 heavy (non-hydrogen) atoms. The standard InChI is InChI=1S/C12H19N3O/c13-12(14)7-3-1-2-6-11(16)10-5-4-8-15-9-10/h4-5,8-9,12H,1-3,6-7,13-14H2. The van der Waals surface area contributed by atoms with Gasteiger partial charge in [-0.3, -0.25) is 9.78 Å².